The highest BCUT2D eigenvalue weighted by atomic mass is 16.2. The molecule has 4 atom stereocenters. The van der Waals surface area contributed by atoms with Gasteiger partial charge in [-0.15, -0.1) is 0 Å². The molecule has 0 aromatic rings. The number of hydrogen-bond donors (Lipinski definition) is 0. The second-order valence-electron chi connectivity index (χ2n) is 10.4. The van der Waals surface area contributed by atoms with Gasteiger partial charge in [0.2, 0.25) is 5.54 Å². The molecule has 2 saturated heterocycles. The molecule has 2 saturated carbocycles. The van der Waals surface area contributed by atoms with E-state index < -0.39 is 0 Å². The first-order chi connectivity index (χ1) is 14.0. The summed E-state index contributed by atoms with van der Waals surface area (Å²) in [5.74, 6) is 2.46. The molecule has 7 heteroatoms. The molecule has 0 bridgehead atoms. The molecule has 2 aliphatic carbocycles. The van der Waals surface area contributed by atoms with Gasteiger partial charge in [-0.05, 0) is 36.5 Å². The molecule has 30 heavy (non-hydrogen) atoms. The lowest BCUT2D eigenvalue weighted by Crippen LogP contribution is -2.38. The van der Waals surface area contributed by atoms with Crippen LogP contribution in [0.25, 0.3) is 4.85 Å². The van der Waals surface area contributed by atoms with E-state index in [0.29, 0.717) is 23.7 Å². The molecule has 0 radical (unpaired) electrons. The monoisotopic (exact) mass is 415 g/mol. The summed E-state index contributed by atoms with van der Waals surface area (Å²) >= 11 is 0. The summed E-state index contributed by atoms with van der Waals surface area (Å²) < 4.78 is 0. The van der Waals surface area contributed by atoms with Crippen molar-refractivity contribution in [3.63, 3.8) is 0 Å². The largest absolute Gasteiger partial charge is 0.331 e. The van der Waals surface area contributed by atoms with Crippen LogP contribution in [0.5, 0.6) is 0 Å². The van der Waals surface area contributed by atoms with Crippen LogP contribution in [0.15, 0.2) is 12.2 Å². The van der Waals surface area contributed by atoms with E-state index in [9.17, 15) is 9.59 Å². The van der Waals surface area contributed by atoms with E-state index in [2.05, 4.69) is 18.3 Å². The Morgan fingerprint density at radius 1 is 0.900 bits per heavy atom. The van der Waals surface area contributed by atoms with E-state index in [-0.39, 0.29) is 17.6 Å². The number of hydrogen-bond acceptors (Lipinski definition) is 2. The average molecular weight is 416 g/mol. The van der Waals surface area contributed by atoms with Crippen molar-refractivity contribution in [1.82, 2.24) is 19.6 Å². The van der Waals surface area contributed by atoms with Crippen LogP contribution >= 0.6 is 0 Å². The maximum absolute atomic E-state index is 11.8. The van der Waals surface area contributed by atoms with Crippen LogP contribution in [0.3, 0.4) is 0 Å². The Morgan fingerprint density at radius 2 is 1.27 bits per heavy atom. The zero-order valence-electron chi connectivity index (χ0n) is 19.2. The number of carbonyl (C=O) groups is 2. The number of fused-ring (bicyclic) bond motifs is 2. The summed E-state index contributed by atoms with van der Waals surface area (Å²) in [6.07, 6.45) is 4.17. The van der Waals surface area contributed by atoms with Crippen molar-refractivity contribution in [3.05, 3.63) is 23.6 Å². The summed E-state index contributed by atoms with van der Waals surface area (Å²) in [5, 5.41) is 0. The van der Waals surface area contributed by atoms with E-state index >= 15 is 0 Å². The van der Waals surface area contributed by atoms with Crippen molar-refractivity contribution in [1.29, 1.82) is 0 Å². The number of amides is 4. The zero-order chi connectivity index (χ0) is 22.2. The summed E-state index contributed by atoms with van der Waals surface area (Å²) in [6, 6.07) is 0.268. The molecule has 4 fully saturated rings. The minimum absolute atomic E-state index is 0.110. The SMILES string of the molecule is C=C1CC2CN(C(=O)N(C)C)CC2C1.[C-]#[N+]C1(C)CC2CN(C(=O)N(C)C)CC2C1. The fourth-order valence-electron chi connectivity index (χ4n) is 5.81. The standard InChI is InChI=1S/C12H19N3O.C11H18N2O/c1-12(13-2)5-9-7-15(8-10(9)6-12)11(16)14(3)4;1-8-4-9-6-13(7-10(9)5-8)11(14)12(2)3/h9-10H,5-8H2,1,3-4H3;9-10H,1,4-7H2,2-3H3. The van der Waals surface area contributed by atoms with Gasteiger partial charge in [-0.25, -0.2) is 16.2 Å². The van der Waals surface area contributed by atoms with E-state index in [0.717, 1.165) is 51.9 Å². The Morgan fingerprint density at radius 3 is 1.60 bits per heavy atom. The lowest BCUT2D eigenvalue weighted by Gasteiger charge is -2.23. The molecule has 2 aliphatic heterocycles. The first-order valence-corrected chi connectivity index (χ1v) is 11.0. The molecule has 4 unspecified atom stereocenters. The Kier molecular flexibility index (Phi) is 6.35. The second-order valence-corrected chi connectivity index (χ2v) is 10.4. The van der Waals surface area contributed by atoms with Gasteiger partial charge < -0.3 is 24.4 Å². The number of rotatable bonds is 0. The van der Waals surface area contributed by atoms with Crippen LogP contribution in [0.2, 0.25) is 0 Å². The molecule has 4 rings (SSSR count). The maximum Gasteiger partial charge on any atom is 0.319 e. The van der Waals surface area contributed by atoms with Gasteiger partial charge in [-0.2, -0.15) is 0 Å². The van der Waals surface area contributed by atoms with Crippen LogP contribution < -0.4 is 0 Å². The zero-order valence-corrected chi connectivity index (χ0v) is 19.2. The van der Waals surface area contributed by atoms with Crippen LogP contribution in [0.4, 0.5) is 9.59 Å². The molecule has 4 amide bonds. The number of nitrogens with zero attached hydrogens (tertiary/aromatic N) is 5. The van der Waals surface area contributed by atoms with Gasteiger partial charge in [0.25, 0.3) is 0 Å². The van der Waals surface area contributed by atoms with Gasteiger partial charge in [-0.1, -0.05) is 12.2 Å². The molecule has 4 aliphatic rings. The normalized spacial score (nSPS) is 34.1. The molecule has 0 N–H and O–H groups in total. The number of allylic oxidation sites excluding steroid dienone is 1. The first kappa shape index (κ1) is 22.5. The van der Waals surface area contributed by atoms with Gasteiger partial charge in [0.15, 0.2) is 0 Å². The van der Waals surface area contributed by atoms with Crippen molar-refractivity contribution in [3.8, 4) is 0 Å². The van der Waals surface area contributed by atoms with E-state index in [1.54, 1.807) is 23.9 Å². The Labute approximate surface area is 181 Å². The van der Waals surface area contributed by atoms with Crippen LogP contribution in [0, 0.1) is 30.2 Å². The second kappa shape index (κ2) is 8.49. The van der Waals surface area contributed by atoms with E-state index in [1.165, 1.54) is 5.57 Å². The lowest BCUT2D eigenvalue weighted by molar-refractivity contribution is 0.177. The molecule has 2 heterocycles. The first-order valence-electron chi connectivity index (χ1n) is 11.0. The molecular weight excluding hydrogens is 378 g/mol. The van der Waals surface area contributed by atoms with Gasteiger partial charge in [0, 0.05) is 74.1 Å². The third-order valence-electron chi connectivity index (χ3n) is 7.23. The molecule has 0 aromatic heterocycles. The summed E-state index contributed by atoms with van der Waals surface area (Å²) in [4.78, 5) is 34.4. The minimum Gasteiger partial charge on any atom is -0.331 e. The van der Waals surface area contributed by atoms with Gasteiger partial charge in [0.1, 0.15) is 0 Å². The third kappa shape index (κ3) is 4.58. The summed E-state index contributed by atoms with van der Waals surface area (Å²) in [7, 11) is 7.21. The van der Waals surface area contributed by atoms with Crippen LogP contribution in [-0.2, 0) is 0 Å². The molecule has 7 nitrogen and oxygen atoms in total. The Hall–Kier alpha value is -2.23. The number of likely N-dealkylation sites (tertiary alicyclic amines) is 2. The van der Waals surface area contributed by atoms with Crippen molar-refractivity contribution >= 4 is 12.1 Å². The molecule has 166 valence electrons. The Balaban J connectivity index is 0.000000172. The fourth-order valence-corrected chi connectivity index (χ4v) is 5.81. The summed E-state index contributed by atoms with van der Waals surface area (Å²) in [5.41, 5.74) is 1.21. The lowest BCUT2D eigenvalue weighted by atomic mass is 10.00. The van der Waals surface area contributed by atoms with E-state index in [4.69, 9.17) is 6.57 Å². The van der Waals surface area contributed by atoms with Gasteiger partial charge in [-0.3, -0.25) is 0 Å². The predicted octanol–water partition coefficient (Wildman–Crippen LogP) is 3.25. The van der Waals surface area contributed by atoms with Crippen molar-refractivity contribution < 1.29 is 9.59 Å². The summed E-state index contributed by atoms with van der Waals surface area (Å²) in [6.45, 7) is 16.8. The maximum atomic E-state index is 11.8. The molecule has 0 aromatic carbocycles. The highest BCUT2D eigenvalue weighted by molar-refractivity contribution is 5.74. The van der Waals surface area contributed by atoms with E-state index in [1.807, 2.05) is 23.9 Å². The van der Waals surface area contributed by atoms with Crippen LogP contribution in [-0.4, -0.2) is 91.6 Å². The quantitative estimate of drug-likeness (QED) is 0.450. The van der Waals surface area contributed by atoms with Gasteiger partial charge in [0.05, 0.1) is 0 Å². The highest BCUT2D eigenvalue weighted by Crippen LogP contribution is 2.45. The fraction of sp³-hybridized carbons (Fsp3) is 0.783. The minimum atomic E-state index is -0.164. The molecule has 0 spiro atoms. The Bertz CT molecular complexity index is 710. The predicted molar refractivity (Wildman–Crippen MR) is 118 cm³/mol. The van der Waals surface area contributed by atoms with Crippen LogP contribution in [0.1, 0.15) is 32.6 Å². The van der Waals surface area contributed by atoms with Crippen molar-refractivity contribution in [2.24, 2.45) is 23.7 Å². The third-order valence-corrected chi connectivity index (χ3v) is 7.23. The smallest absolute Gasteiger partial charge is 0.319 e. The van der Waals surface area contributed by atoms with Gasteiger partial charge >= 0.3 is 12.1 Å². The molecular formula is C23H37N5O2. The average Bonchev–Trinajstić information content (AvgIpc) is 3.38. The van der Waals surface area contributed by atoms with Crippen molar-refractivity contribution in [2.45, 2.75) is 38.1 Å². The number of carbonyl (C=O) groups excluding carboxylic acids is 2. The number of urea groups is 2. The van der Waals surface area contributed by atoms with Crippen molar-refractivity contribution in [2.75, 3.05) is 54.4 Å². The topological polar surface area (TPSA) is 51.5 Å². The highest BCUT2D eigenvalue weighted by Gasteiger charge is 2.51.